The molecule has 6 heteroatoms. The molecule has 0 fully saturated rings. The van der Waals surface area contributed by atoms with Gasteiger partial charge in [0.15, 0.2) is 5.82 Å². The third kappa shape index (κ3) is 2.29. The summed E-state index contributed by atoms with van der Waals surface area (Å²) >= 11 is 0. The average Bonchev–Trinajstić information content (AvgIpc) is 2.91. The van der Waals surface area contributed by atoms with Crippen molar-refractivity contribution < 1.29 is 0 Å². The number of aryl methyl sites for hydroxylation is 2. The van der Waals surface area contributed by atoms with Crippen molar-refractivity contribution >= 4 is 5.82 Å². The Kier molecular flexibility index (Phi) is 3.31. The Morgan fingerprint density at radius 3 is 2.50 bits per heavy atom. The van der Waals surface area contributed by atoms with Gasteiger partial charge in [0, 0.05) is 5.56 Å². The van der Waals surface area contributed by atoms with Crippen molar-refractivity contribution in [3.8, 4) is 23.1 Å². The Morgan fingerprint density at radius 1 is 1.09 bits per heavy atom. The Morgan fingerprint density at radius 2 is 1.91 bits per heavy atom. The molecule has 0 aliphatic heterocycles. The molecule has 0 bridgehead atoms. The molecule has 0 radical (unpaired) electrons. The van der Waals surface area contributed by atoms with Crippen molar-refractivity contribution in [2.24, 2.45) is 0 Å². The average molecular weight is 290 g/mol. The summed E-state index contributed by atoms with van der Waals surface area (Å²) in [6.45, 7) is 4.13. The van der Waals surface area contributed by atoms with E-state index in [1.54, 1.807) is 6.07 Å². The van der Waals surface area contributed by atoms with Crippen LogP contribution in [-0.2, 0) is 0 Å². The zero-order chi connectivity index (χ0) is 15.7. The number of hydrogen-bond acceptors (Lipinski definition) is 5. The standard InChI is InChI=1S/C16H14N6/c1-10-3-4-12(7-11(10)2)14-5-6-15(21-20-14)22-16(18)13(8-17)9-19-22/h3-7,9H,18H2,1-2H3. The fourth-order valence-corrected chi connectivity index (χ4v) is 2.12. The first-order valence-corrected chi connectivity index (χ1v) is 6.75. The van der Waals surface area contributed by atoms with Gasteiger partial charge in [-0.3, -0.25) is 0 Å². The van der Waals surface area contributed by atoms with Crippen LogP contribution in [0.25, 0.3) is 17.1 Å². The maximum Gasteiger partial charge on any atom is 0.178 e. The number of aromatic nitrogens is 4. The number of nitriles is 1. The van der Waals surface area contributed by atoms with E-state index in [1.807, 2.05) is 18.2 Å². The first-order valence-electron chi connectivity index (χ1n) is 6.75. The highest BCUT2D eigenvalue weighted by Crippen LogP contribution is 2.21. The maximum absolute atomic E-state index is 8.90. The molecule has 1 aromatic carbocycles. The van der Waals surface area contributed by atoms with Gasteiger partial charge in [-0.1, -0.05) is 12.1 Å². The van der Waals surface area contributed by atoms with Gasteiger partial charge in [0.1, 0.15) is 17.5 Å². The van der Waals surface area contributed by atoms with Gasteiger partial charge >= 0.3 is 0 Å². The predicted octanol–water partition coefficient (Wildman–Crippen LogP) is 2.40. The third-order valence-corrected chi connectivity index (χ3v) is 3.60. The molecular weight excluding hydrogens is 276 g/mol. The molecule has 6 nitrogen and oxygen atoms in total. The minimum atomic E-state index is 0.260. The summed E-state index contributed by atoms with van der Waals surface area (Å²) in [7, 11) is 0. The lowest BCUT2D eigenvalue weighted by atomic mass is 10.0. The predicted molar refractivity (Wildman–Crippen MR) is 83.2 cm³/mol. The number of nitrogens with two attached hydrogens (primary N) is 1. The molecule has 0 spiro atoms. The molecule has 3 rings (SSSR count). The van der Waals surface area contributed by atoms with Crippen LogP contribution in [0.4, 0.5) is 5.82 Å². The molecule has 3 aromatic rings. The lowest BCUT2D eigenvalue weighted by Crippen LogP contribution is -2.05. The smallest absolute Gasteiger partial charge is 0.178 e. The zero-order valence-corrected chi connectivity index (χ0v) is 12.3. The van der Waals surface area contributed by atoms with E-state index in [4.69, 9.17) is 11.0 Å². The second-order valence-corrected chi connectivity index (χ2v) is 5.04. The van der Waals surface area contributed by atoms with Gasteiger partial charge in [-0.2, -0.15) is 15.0 Å². The van der Waals surface area contributed by atoms with E-state index in [0.717, 1.165) is 11.3 Å². The van der Waals surface area contributed by atoms with Crippen molar-refractivity contribution in [3.05, 3.63) is 53.2 Å². The van der Waals surface area contributed by atoms with Gasteiger partial charge in [0.25, 0.3) is 0 Å². The van der Waals surface area contributed by atoms with Crippen LogP contribution in [-0.4, -0.2) is 20.0 Å². The lowest BCUT2D eigenvalue weighted by molar-refractivity contribution is 0.824. The molecule has 0 saturated heterocycles. The molecule has 0 atom stereocenters. The van der Waals surface area contributed by atoms with Gasteiger partial charge in [-0.15, -0.1) is 10.2 Å². The molecule has 0 saturated carbocycles. The Balaban J connectivity index is 1.97. The third-order valence-electron chi connectivity index (χ3n) is 3.60. The number of nitrogens with zero attached hydrogens (tertiary/aromatic N) is 5. The molecule has 2 heterocycles. The van der Waals surface area contributed by atoms with Crippen molar-refractivity contribution in [2.75, 3.05) is 5.73 Å². The van der Waals surface area contributed by atoms with Crippen molar-refractivity contribution in [3.63, 3.8) is 0 Å². The van der Waals surface area contributed by atoms with Gasteiger partial charge in [0.2, 0.25) is 0 Å². The summed E-state index contributed by atoms with van der Waals surface area (Å²) in [5.74, 6) is 0.738. The number of nitrogen functional groups attached to an aromatic ring is 1. The van der Waals surface area contributed by atoms with Gasteiger partial charge in [-0.05, 0) is 43.2 Å². The van der Waals surface area contributed by atoms with Crippen molar-refractivity contribution in [1.29, 1.82) is 5.26 Å². The van der Waals surface area contributed by atoms with Crippen LogP contribution < -0.4 is 5.73 Å². The molecule has 0 unspecified atom stereocenters. The fourth-order valence-electron chi connectivity index (χ4n) is 2.12. The molecule has 2 N–H and O–H groups in total. The minimum Gasteiger partial charge on any atom is -0.382 e. The summed E-state index contributed by atoms with van der Waals surface area (Å²) in [6, 6.07) is 11.8. The first-order chi connectivity index (χ1) is 10.6. The first kappa shape index (κ1) is 13.8. The molecule has 2 aromatic heterocycles. The van der Waals surface area contributed by atoms with Gasteiger partial charge in [0.05, 0.1) is 11.9 Å². The molecule has 0 aliphatic carbocycles. The normalized spacial score (nSPS) is 10.4. The van der Waals surface area contributed by atoms with Crippen molar-refractivity contribution in [2.45, 2.75) is 13.8 Å². The number of anilines is 1. The Hall–Kier alpha value is -3.20. The molecule has 108 valence electrons. The van der Waals surface area contributed by atoms with Crippen LogP contribution >= 0.6 is 0 Å². The summed E-state index contributed by atoms with van der Waals surface area (Å²) in [5, 5.41) is 21.3. The molecule has 0 amide bonds. The molecule has 0 aliphatic rings. The van der Waals surface area contributed by atoms with E-state index < -0.39 is 0 Å². The summed E-state index contributed by atoms with van der Waals surface area (Å²) < 4.78 is 1.40. The monoisotopic (exact) mass is 290 g/mol. The highest BCUT2D eigenvalue weighted by Gasteiger charge is 2.10. The summed E-state index contributed by atoms with van der Waals surface area (Å²) in [5.41, 5.74) is 10.4. The van der Waals surface area contributed by atoms with Crippen LogP contribution in [0.1, 0.15) is 16.7 Å². The second kappa shape index (κ2) is 5.30. The number of benzene rings is 1. The van der Waals surface area contributed by atoms with Crippen LogP contribution in [0.5, 0.6) is 0 Å². The fraction of sp³-hybridized carbons (Fsp3) is 0.125. The van der Waals surface area contributed by atoms with Crippen LogP contribution in [0, 0.1) is 25.2 Å². The van der Waals surface area contributed by atoms with Gasteiger partial charge in [-0.25, -0.2) is 0 Å². The van der Waals surface area contributed by atoms with Crippen LogP contribution in [0.2, 0.25) is 0 Å². The topological polar surface area (TPSA) is 93.4 Å². The zero-order valence-electron chi connectivity index (χ0n) is 12.3. The van der Waals surface area contributed by atoms with Crippen molar-refractivity contribution in [1.82, 2.24) is 20.0 Å². The Labute approximate surface area is 127 Å². The quantitative estimate of drug-likeness (QED) is 0.782. The second-order valence-electron chi connectivity index (χ2n) is 5.04. The highest BCUT2D eigenvalue weighted by molar-refractivity contribution is 5.61. The lowest BCUT2D eigenvalue weighted by Gasteiger charge is -2.06. The van der Waals surface area contributed by atoms with E-state index in [1.165, 1.54) is 22.0 Å². The van der Waals surface area contributed by atoms with E-state index in [9.17, 15) is 0 Å². The van der Waals surface area contributed by atoms with Gasteiger partial charge < -0.3 is 5.73 Å². The van der Waals surface area contributed by atoms with Crippen LogP contribution in [0.3, 0.4) is 0 Å². The van der Waals surface area contributed by atoms with E-state index in [0.29, 0.717) is 11.4 Å². The molecular formula is C16H14N6. The van der Waals surface area contributed by atoms with E-state index in [2.05, 4.69) is 41.3 Å². The summed E-state index contributed by atoms with van der Waals surface area (Å²) in [6.07, 6.45) is 1.41. The van der Waals surface area contributed by atoms with E-state index in [-0.39, 0.29) is 5.82 Å². The molecule has 22 heavy (non-hydrogen) atoms. The van der Waals surface area contributed by atoms with E-state index >= 15 is 0 Å². The number of hydrogen-bond donors (Lipinski definition) is 1. The largest absolute Gasteiger partial charge is 0.382 e. The SMILES string of the molecule is Cc1ccc(-c2ccc(-n3ncc(C#N)c3N)nn2)cc1C. The maximum atomic E-state index is 8.90. The number of rotatable bonds is 2. The minimum absolute atomic E-state index is 0.260. The Bertz CT molecular complexity index is 871. The summed E-state index contributed by atoms with van der Waals surface area (Å²) in [4.78, 5) is 0. The highest BCUT2D eigenvalue weighted by atomic mass is 15.4. The van der Waals surface area contributed by atoms with Crippen LogP contribution in [0.15, 0.2) is 36.5 Å².